The van der Waals surface area contributed by atoms with Gasteiger partial charge in [-0.3, -0.25) is 0 Å². The molecule has 0 saturated carbocycles. The normalized spacial score (nSPS) is 12.0. The van der Waals surface area contributed by atoms with Crippen molar-refractivity contribution in [2.75, 3.05) is 0 Å². The molecule has 116 valence electrons. The van der Waals surface area contributed by atoms with Crippen LogP contribution in [0.15, 0.2) is 64.6 Å². The van der Waals surface area contributed by atoms with Crippen molar-refractivity contribution < 1.29 is 9.90 Å². The summed E-state index contributed by atoms with van der Waals surface area (Å²) < 4.78 is 0. The number of guanidine groups is 1. The Labute approximate surface area is 138 Å². The van der Waals surface area contributed by atoms with Gasteiger partial charge in [0, 0.05) is 11.1 Å². The molecular weight excluding hydrogens is 312 g/mol. The second kappa shape index (κ2) is 7.28. The monoisotopic (exact) mass is 326 g/mol. The third-order valence-corrected chi connectivity index (χ3v) is 3.00. The summed E-state index contributed by atoms with van der Waals surface area (Å²) >= 11 is 4.67. The largest absolute Gasteiger partial charge is 0.478 e. The van der Waals surface area contributed by atoms with Gasteiger partial charge in [-0.2, -0.15) is 4.99 Å². The van der Waals surface area contributed by atoms with Gasteiger partial charge < -0.3 is 16.6 Å². The molecule has 0 atom stereocenters. The molecule has 2 rings (SSSR count). The fourth-order valence-corrected chi connectivity index (χ4v) is 2.10. The summed E-state index contributed by atoms with van der Waals surface area (Å²) in [6.45, 7) is 0. The number of carboxylic acid groups (broad SMARTS) is 1. The molecule has 0 aliphatic rings. The van der Waals surface area contributed by atoms with E-state index in [-0.39, 0.29) is 16.6 Å². The Morgan fingerprint density at radius 1 is 0.913 bits per heavy atom. The number of rotatable bonds is 3. The van der Waals surface area contributed by atoms with Gasteiger partial charge in [-0.25, -0.2) is 9.79 Å². The number of nitrogens with two attached hydrogens (primary N) is 2. The average Bonchev–Trinajstić information content (AvgIpc) is 2.53. The van der Waals surface area contributed by atoms with Crippen LogP contribution in [0.25, 0.3) is 0 Å². The van der Waals surface area contributed by atoms with E-state index in [9.17, 15) is 9.90 Å². The highest BCUT2D eigenvalue weighted by Crippen LogP contribution is 2.16. The minimum atomic E-state index is -1.06. The zero-order valence-corrected chi connectivity index (χ0v) is 12.8. The lowest BCUT2D eigenvalue weighted by molar-refractivity contribution is 0.0696. The van der Waals surface area contributed by atoms with Crippen LogP contribution in [-0.4, -0.2) is 27.9 Å². The molecule has 0 heterocycles. The first-order valence-electron chi connectivity index (χ1n) is 6.59. The van der Waals surface area contributed by atoms with Crippen molar-refractivity contribution in [1.29, 1.82) is 0 Å². The van der Waals surface area contributed by atoms with Gasteiger partial charge in [-0.1, -0.05) is 48.5 Å². The highest BCUT2D eigenvalue weighted by molar-refractivity contribution is 7.80. The smallest absolute Gasteiger partial charge is 0.336 e. The van der Waals surface area contributed by atoms with Crippen molar-refractivity contribution in [2.45, 2.75) is 0 Å². The number of aliphatic imine (C=N–C) groups is 2. The summed E-state index contributed by atoms with van der Waals surface area (Å²) in [5.41, 5.74) is 12.7. The van der Waals surface area contributed by atoms with Gasteiger partial charge >= 0.3 is 5.97 Å². The molecule has 0 bridgehead atoms. The second-order valence-electron chi connectivity index (χ2n) is 4.49. The lowest BCUT2D eigenvalue weighted by Crippen LogP contribution is -2.19. The zero-order valence-electron chi connectivity index (χ0n) is 12.0. The summed E-state index contributed by atoms with van der Waals surface area (Å²) in [5, 5.41) is 9.24. The first-order chi connectivity index (χ1) is 11.0. The fourth-order valence-electron chi connectivity index (χ4n) is 2.00. The highest BCUT2D eigenvalue weighted by Gasteiger charge is 2.16. The molecule has 0 amide bonds. The number of hydrogen-bond acceptors (Lipinski definition) is 2. The van der Waals surface area contributed by atoms with Crippen LogP contribution in [-0.2, 0) is 0 Å². The first kappa shape index (κ1) is 16.3. The number of carbonyl (C=O) groups is 1. The molecule has 0 unspecified atom stereocenters. The van der Waals surface area contributed by atoms with E-state index >= 15 is 0 Å². The summed E-state index contributed by atoms with van der Waals surface area (Å²) in [6, 6.07) is 15.6. The summed E-state index contributed by atoms with van der Waals surface area (Å²) in [6.07, 6.45) is 0. The Hall–Kier alpha value is -3.06. The van der Waals surface area contributed by atoms with Gasteiger partial charge in [0.2, 0.25) is 5.96 Å². The van der Waals surface area contributed by atoms with Gasteiger partial charge in [-0.15, -0.1) is 0 Å². The van der Waals surface area contributed by atoms with E-state index in [1.165, 1.54) is 6.07 Å². The van der Waals surface area contributed by atoms with Gasteiger partial charge in [0.1, 0.15) is 0 Å². The Morgan fingerprint density at radius 3 is 2.04 bits per heavy atom. The maximum absolute atomic E-state index is 11.5. The molecular formula is C16H14N4O2S. The topological polar surface area (TPSA) is 114 Å². The number of carboxylic acids is 1. The minimum absolute atomic E-state index is 0.109. The van der Waals surface area contributed by atoms with E-state index in [4.69, 9.17) is 11.5 Å². The predicted octanol–water partition coefficient (Wildman–Crippen LogP) is 1.78. The van der Waals surface area contributed by atoms with E-state index in [0.29, 0.717) is 16.8 Å². The van der Waals surface area contributed by atoms with Crippen LogP contribution in [0.5, 0.6) is 0 Å². The van der Waals surface area contributed by atoms with Gasteiger partial charge in [0.15, 0.2) is 5.11 Å². The number of benzene rings is 2. The standard InChI is InChI=1S/C16H14N4O2S/c17-15(20-16(18)23)19-13(10-6-2-1-3-7-10)11-8-4-5-9-12(11)14(21)22/h1-9H,(H,21,22)(H4,17,18,20,23)/b19-13+. The SMILES string of the molecule is NC(=S)N=C(N)/N=C(\c1ccccc1)c1ccccc1C(=O)O. The third kappa shape index (κ3) is 4.21. The summed E-state index contributed by atoms with van der Waals surface area (Å²) in [7, 11) is 0. The molecule has 0 aliphatic heterocycles. The van der Waals surface area contributed by atoms with Crippen LogP contribution in [0.3, 0.4) is 0 Å². The molecule has 2 aromatic carbocycles. The molecule has 0 radical (unpaired) electrons. The van der Waals surface area contributed by atoms with Crippen LogP contribution < -0.4 is 11.5 Å². The average molecular weight is 326 g/mol. The molecule has 0 spiro atoms. The lowest BCUT2D eigenvalue weighted by Gasteiger charge is -2.10. The number of hydrogen-bond donors (Lipinski definition) is 3. The van der Waals surface area contributed by atoms with Crippen molar-refractivity contribution in [2.24, 2.45) is 21.5 Å². The van der Waals surface area contributed by atoms with Crippen LogP contribution in [0.1, 0.15) is 21.5 Å². The number of thiocarbonyl (C=S) groups is 1. The molecule has 2 aromatic rings. The Bertz CT molecular complexity index is 801. The van der Waals surface area contributed by atoms with Gasteiger partial charge in [0.25, 0.3) is 0 Å². The number of nitrogens with zero attached hydrogens (tertiary/aromatic N) is 2. The molecule has 0 aliphatic carbocycles. The van der Waals surface area contributed by atoms with Crippen molar-refractivity contribution in [1.82, 2.24) is 0 Å². The maximum atomic E-state index is 11.5. The highest BCUT2D eigenvalue weighted by atomic mass is 32.1. The van der Waals surface area contributed by atoms with E-state index in [1.54, 1.807) is 30.3 Å². The van der Waals surface area contributed by atoms with E-state index in [2.05, 4.69) is 22.2 Å². The summed E-state index contributed by atoms with van der Waals surface area (Å²) in [5.74, 6) is -1.20. The summed E-state index contributed by atoms with van der Waals surface area (Å²) in [4.78, 5) is 19.4. The Kier molecular flexibility index (Phi) is 5.16. The molecule has 0 saturated heterocycles. The zero-order chi connectivity index (χ0) is 16.8. The van der Waals surface area contributed by atoms with E-state index in [1.807, 2.05) is 18.2 Å². The van der Waals surface area contributed by atoms with Crippen LogP contribution in [0.4, 0.5) is 0 Å². The third-order valence-electron chi connectivity index (χ3n) is 2.91. The van der Waals surface area contributed by atoms with Crippen molar-refractivity contribution >= 4 is 35.0 Å². The quantitative estimate of drug-likeness (QED) is 0.452. The first-order valence-corrected chi connectivity index (χ1v) is 7.00. The van der Waals surface area contributed by atoms with Gasteiger partial charge in [0.05, 0.1) is 11.3 Å². The molecule has 23 heavy (non-hydrogen) atoms. The Morgan fingerprint density at radius 2 is 1.48 bits per heavy atom. The predicted molar refractivity (Wildman–Crippen MR) is 93.9 cm³/mol. The van der Waals surface area contributed by atoms with Crippen molar-refractivity contribution in [3.05, 3.63) is 71.3 Å². The molecule has 6 nitrogen and oxygen atoms in total. The van der Waals surface area contributed by atoms with Crippen molar-refractivity contribution in [3.8, 4) is 0 Å². The maximum Gasteiger partial charge on any atom is 0.336 e. The van der Waals surface area contributed by atoms with Crippen LogP contribution in [0, 0.1) is 0 Å². The second-order valence-corrected chi connectivity index (χ2v) is 4.90. The fraction of sp³-hybridized carbons (Fsp3) is 0. The van der Waals surface area contributed by atoms with Crippen LogP contribution in [0.2, 0.25) is 0 Å². The van der Waals surface area contributed by atoms with E-state index in [0.717, 1.165) is 0 Å². The lowest BCUT2D eigenvalue weighted by atomic mass is 9.97. The van der Waals surface area contributed by atoms with E-state index < -0.39 is 5.97 Å². The molecule has 0 aromatic heterocycles. The van der Waals surface area contributed by atoms with Gasteiger partial charge in [-0.05, 0) is 18.3 Å². The molecule has 5 N–H and O–H groups in total. The van der Waals surface area contributed by atoms with Crippen molar-refractivity contribution in [3.63, 3.8) is 0 Å². The minimum Gasteiger partial charge on any atom is -0.478 e. The number of aromatic carboxylic acids is 1. The Balaban J connectivity index is 2.67. The molecule has 0 fully saturated rings. The van der Waals surface area contributed by atoms with Crippen LogP contribution >= 0.6 is 12.2 Å². The molecule has 7 heteroatoms.